The van der Waals surface area contributed by atoms with Gasteiger partial charge in [-0.3, -0.25) is 15.0 Å². The summed E-state index contributed by atoms with van der Waals surface area (Å²) in [7, 11) is 1.89. The van der Waals surface area contributed by atoms with Crippen LogP contribution in [0, 0.1) is 6.92 Å². The lowest BCUT2D eigenvalue weighted by Gasteiger charge is -2.35. The van der Waals surface area contributed by atoms with E-state index in [1.807, 2.05) is 43.8 Å². The first kappa shape index (κ1) is 23.6. The first-order chi connectivity index (χ1) is 17.9. The van der Waals surface area contributed by atoms with Gasteiger partial charge in [-0.2, -0.15) is 10.2 Å². The van der Waals surface area contributed by atoms with Crippen molar-refractivity contribution in [1.82, 2.24) is 29.9 Å². The third-order valence-electron chi connectivity index (χ3n) is 7.35. The zero-order valence-corrected chi connectivity index (χ0v) is 21.7. The Hall–Kier alpha value is -3.83. The van der Waals surface area contributed by atoms with Crippen LogP contribution in [0.1, 0.15) is 32.2 Å². The summed E-state index contributed by atoms with van der Waals surface area (Å²) in [5.74, 6) is 1.21. The maximum absolute atomic E-state index is 10.4. The first-order valence-electron chi connectivity index (χ1n) is 12.6. The number of aromatic nitrogens is 5. The quantitative estimate of drug-likeness (QED) is 0.515. The fraction of sp³-hybridized carbons (Fsp3) is 0.423. The molecule has 0 radical (unpaired) electrons. The van der Waals surface area contributed by atoms with Crippen LogP contribution in [0.2, 0.25) is 0 Å². The lowest BCUT2D eigenvalue weighted by Crippen LogP contribution is -2.54. The van der Waals surface area contributed by atoms with E-state index in [1.165, 1.54) is 0 Å². The Labute approximate surface area is 214 Å². The summed E-state index contributed by atoms with van der Waals surface area (Å²) in [6.07, 6.45) is 5.77. The highest BCUT2D eigenvalue weighted by Gasteiger charge is 2.45. The van der Waals surface area contributed by atoms with Gasteiger partial charge in [0.15, 0.2) is 0 Å². The second kappa shape index (κ2) is 8.93. The van der Waals surface area contributed by atoms with Crippen molar-refractivity contribution in [1.29, 1.82) is 0 Å². The number of hydrogen-bond acceptors (Lipinski definition) is 8. The predicted molar refractivity (Wildman–Crippen MR) is 139 cm³/mol. The van der Waals surface area contributed by atoms with Gasteiger partial charge in [-0.05, 0) is 50.6 Å². The number of aliphatic hydroxyl groups is 1. The van der Waals surface area contributed by atoms with Crippen LogP contribution in [-0.4, -0.2) is 89.7 Å². The molecule has 0 spiro atoms. The summed E-state index contributed by atoms with van der Waals surface area (Å²) in [6.45, 7) is 9.57. The summed E-state index contributed by atoms with van der Waals surface area (Å²) in [5, 5.41) is 28.3. The van der Waals surface area contributed by atoms with Gasteiger partial charge in [0.25, 0.3) is 5.90 Å². The largest absolute Gasteiger partial charge is 0.476 e. The van der Waals surface area contributed by atoms with Gasteiger partial charge < -0.3 is 14.6 Å². The minimum absolute atomic E-state index is 0.0341. The van der Waals surface area contributed by atoms with Crippen LogP contribution in [0.25, 0.3) is 28.2 Å². The first-order valence-corrected chi connectivity index (χ1v) is 12.6. The molecule has 11 nitrogen and oxygen atoms in total. The lowest BCUT2D eigenvalue weighted by atomic mass is 10.0. The molecule has 2 unspecified atom stereocenters. The number of nitrogens with zero attached hydrogens (tertiary/aromatic N) is 7. The normalized spacial score (nSPS) is 24.1. The van der Waals surface area contributed by atoms with E-state index in [-0.39, 0.29) is 18.7 Å². The van der Waals surface area contributed by atoms with Crippen molar-refractivity contribution in [3.8, 4) is 17.1 Å². The molecular weight excluding hydrogens is 472 g/mol. The number of rotatable bonds is 2. The standard InChI is InChI=1S/C26H31N8O3/c1-6-36-25-17-7-8-19-18-9-20(27-10-21(18)29-28-19)24-15(3)30-32(5)26(24)37-13-14(2)33-11-22(17)34(31-25)23(12-35)16(33)4/h7-10,14,16,35H,6,11-13H2,1-5H3,(H,28,29)/q+1/b8-7+/t14-,16?/m0/s1. The third kappa shape index (κ3) is 3.68. The minimum atomic E-state index is -0.114. The summed E-state index contributed by atoms with van der Waals surface area (Å²) in [5.41, 5.74) is 6.74. The summed E-state index contributed by atoms with van der Waals surface area (Å²) >= 11 is 0. The molecule has 3 aliphatic heterocycles. The molecule has 3 aromatic rings. The molecule has 3 atom stereocenters. The van der Waals surface area contributed by atoms with Gasteiger partial charge in [0, 0.05) is 23.6 Å². The zero-order chi connectivity index (χ0) is 25.8. The van der Waals surface area contributed by atoms with Crippen LogP contribution in [0.15, 0.2) is 34.7 Å². The molecule has 37 heavy (non-hydrogen) atoms. The number of aryl methyl sites for hydroxylation is 2. The van der Waals surface area contributed by atoms with Crippen molar-refractivity contribution in [2.24, 2.45) is 12.1 Å². The molecule has 3 aromatic heterocycles. The Kier molecular flexibility index (Phi) is 5.68. The molecule has 0 saturated heterocycles. The topological polar surface area (TPSA) is 117 Å². The Bertz CT molecular complexity index is 1530. The van der Waals surface area contributed by atoms with Crippen LogP contribution in [-0.2, 0) is 11.8 Å². The van der Waals surface area contributed by atoms with Crippen molar-refractivity contribution in [3.63, 3.8) is 0 Å². The van der Waals surface area contributed by atoms with E-state index in [9.17, 15) is 5.11 Å². The van der Waals surface area contributed by atoms with E-state index in [2.05, 4.69) is 34.0 Å². The van der Waals surface area contributed by atoms with Gasteiger partial charge in [-0.1, -0.05) is 0 Å². The molecule has 0 aromatic carbocycles. The Balaban J connectivity index is 1.58. The van der Waals surface area contributed by atoms with Crippen LogP contribution in [0.4, 0.5) is 0 Å². The molecule has 0 aliphatic carbocycles. The number of hydrazone groups is 1. The Morgan fingerprint density at radius 3 is 2.92 bits per heavy atom. The average Bonchev–Trinajstić information content (AvgIpc) is 3.52. The number of aromatic amines is 1. The van der Waals surface area contributed by atoms with Crippen LogP contribution in [0.5, 0.6) is 5.88 Å². The van der Waals surface area contributed by atoms with E-state index >= 15 is 0 Å². The number of aliphatic hydroxyl groups excluding tert-OH is 1. The van der Waals surface area contributed by atoms with Crippen molar-refractivity contribution in [2.45, 2.75) is 39.8 Å². The summed E-state index contributed by atoms with van der Waals surface area (Å²) < 4.78 is 16.0. The van der Waals surface area contributed by atoms with Crippen LogP contribution < -0.4 is 4.74 Å². The smallest absolute Gasteiger partial charge is 0.293 e. The lowest BCUT2D eigenvalue weighted by molar-refractivity contribution is -0.491. The van der Waals surface area contributed by atoms with Gasteiger partial charge in [-0.15, -0.1) is 0 Å². The molecule has 6 rings (SSSR count). The molecule has 0 fully saturated rings. The zero-order valence-electron chi connectivity index (χ0n) is 21.7. The van der Waals surface area contributed by atoms with Gasteiger partial charge >= 0.3 is 0 Å². The number of ether oxygens (including phenoxy) is 2. The molecule has 2 N–H and O–H groups in total. The molecule has 0 saturated carbocycles. The number of fused-ring (bicyclic) bond motifs is 4. The predicted octanol–water partition coefficient (Wildman–Crippen LogP) is 2.23. The molecule has 0 amide bonds. The van der Waals surface area contributed by atoms with Crippen molar-refractivity contribution >= 4 is 28.6 Å². The number of H-pyrrole nitrogens is 1. The maximum atomic E-state index is 10.4. The molecular formula is C26H31N8O3+. The van der Waals surface area contributed by atoms with Gasteiger partial charge in [0.2, 0.25) is 17.3 Å². The third-order valence-corrected chi connectivity index (χ3v) is 7.35. The monoisotopic (exact) mass is 503 g/mol. The van der Waals surface area contributed by atoms with E-state index in [0.29, 0.717) is 31.5 Å². The van der Waals surface area contributed by atoms with E-state index in [0.717, 1.165) is 50.5 Å². The Morgan fingerprint density at radius 1 is 1.30 bits per heavy atom. The molecule has 3 aliphatic rings. The molecule has 6 heterocycles. The van der Waals surface area contributed by atoms with Gasteiger partial charge in [0.1, 0.15) is 18.8 Å². The van der Waals surface area contributed by atoms with Gasteiger partial charge in [0.05, 0.1) is 53.6 Å². The fourth-order valence-corrected chi connectivity index (χ4v) is 5.41. The highest BCUT2D eigenvalue weighted by molar-refractivity contribution is 6.00. The maximum Gasteiger partial charge on any atom is 0.293 e. The molecule has 4 bridgehead atoms. The van der Waals surface area contributed by atoms with Crippen molar-refractivity contribution < 1.29 is 19.3 Å². The number of pyridine rings is 1. The SMILES string of the molecule is CCOC1=N[N+]2=C(CO)C(C)N3CC2=C1/C=C/c1n[nH]c2cnc(cc12)-c1c(C)nn(C)c1OC[C@@H]3C. The second-order valence-electron chi connectivity index (χ2n) is 9.61. The van der Waals surface area contributed by atoms with E-state index in [1.54, 1.807) is 10.9 Å². The van der Waals surface area contributed by atoms with Crippen LogP contribution >= 0.6 is 0 Å². The average molecular weight is 504 g/mol. The highest BCUT2D eigenvalue weighted by Crippen LogP contribution is 2.35. The molecule has 192 valence electrons. The molecule has 11 heteroatoms. The Morgan fingerprint density at radius 2 is 2.14 bits per heavy atom. The summed E-state index contributed by atoms with van der Waals surface area (Å²) in [4.78, 5) is 7.02. The van der Waals surface area contributed by atoms with Crippen molar-refractivity contribution in [2.75, 3.05) is 26.4 Å². The van der Waals surface area contributed by atoms with Gasteiger partial charge in [-0.25, -0.2) is 4.68 Å². The minimum Gasteiger partial charge on any atom is -0.476 e. The number of hydrogen-bond donors (Lipinski definition) is 2. The van der Waals surface area contributed by atoms with Crippen molar-refractivity contribution in [3.05, 3.63) is 41.0 Å². The van der Waals surface area contributed by atoms with Crippen LogP contribution in [0.3, 0.4) is 0 Å². The van der Waals surface area contributed by atoms with E-state index in [4.69, 9.17) is 19.6 Å². The second-order valence-corrected chi connectivity index (χ2v) is 9.61. The number of nitrogens with one attached hydrogen (secondary N) is 1. The highest BCUT2D eigenvalue weighted by atomic mass is 16.5. The van der Waals surface area contributed by atoms with E-state index < -0.39 is 0 Å². The summed E-state index contributed by atoms with van der Waals surface area (Å²) in [6, 6.07) is 2.01. The fourth-order valence-electron chi connectivity index (χ4n) is 5.41.